The van der Waals surface area contributed by atoms with E-state index in [4.69, 9.17) is 5.73 Å². The van der Waals surface area contributed by atoms with Crippen molar-refractivity contribution in [2.45, 2.75) is 26.6 Å². The van der Waals surface area contributed by atoms with E-state index < -0.39 is 7.14 Å². The van der Waals surface area contributed by atoms with Gasteiger partial charge in [0.05, 0.1) is 5.78 Å². The highest BCUT2D eigenvalue weighted by atomic mass is 31.2. The van der Waals surface area contributed by atoms with E-state index in [9.17, 15) is 4.57 Å². The van der Waals surface area contributed by atoms with Crippen LogP contribution in [0.25, 0.3) is 0 Å². The fraction of sp³-hybridized carbons (Fsp3) is 0.500. The van der Waals surface area contributed by atoms with E-state index >= 15 is 0 Å². The fourth-order valence-electron chi connectivity index (χ4n) is 1.60. The summed E-state index contributed by atoms with van der Waals surface area (Å²) in [4.78, 5) is 0. The zero-order valence-corrected chi connectivity index (χ0v) is 11.1. The van der Waals surface area contributed by atoms with Gasteiger partial charge in [-0.3, -0.25) is 0 Å². The summed E-state index contributed by atoms with van der Waals surface area (Å²) in [5, 5.41) is 0. The summed E-state index contributed by atoms with van der Waals surface area (Å²) in [5.74, 6) is -0.338. The van der Waals surface area contributed by atoms with Crippen LogP contribution >= 0.6 is 7.14 Å². The van der Waals surface area contributed by atoms with E-state index in [0.717, 1.165) is 5.56 Å². The second kappa shape index (κ2) is 4.11. The molecule has 0 aliphatic carbocycles. The average Bonchev–Trinajstić information content (AvgIpc) is 2.10. The third-order valence-corrected chi connectivity index (χ3v) is 4.60. The third kappa shape index (κ3) is 2.70. The molecule has 1 atom stereocenters. The summed E-state index contributed by atoms with van der Waals surface area (Å²) in [7, 11) is -2.26. The van der Waals surface area contributed by atoms with Gasteiger partial charge in [-0.2, -0.15) is 0 Å². The Morgan fingerprint density at radius 2 is 1.53 bits per heavy atom. The van der Waals surface area contributed by atoms with Crippen molar-refractivity contribution < 1.29 is 4.57 Å². The topological polar surface area (TPSA) is 43.1 Å². The van der Waals surface area contributed by atoms with Crippen LogP contribution in [0.1, 0.15) is 28.0 Å². The molecule has 1 unspecified atom stereocenters. The molecule has 3 heteroatoms. The first-order valence-corrected chi connectivity index (χ1v) is 7.78. The van der Waals surface area contributed by atoms with E-state index in [0.29, 0.717) is 0 Å². The zero-order valence-electron chi connectivity index (χ0n) is 10.2. The largest absolute Gasteiger partial charge is 0.322 e. The second-order valence-electron chi connectivity index (χ2n) is 4.66. The normalized spacial score (nSPS) is 14.0. The molecule has 0 amide bonds. The van der Waals surface area contributed by atoms with Crippen LogP contribution in [0.2, 0.25) is 0 Å². The SMILES string of the molecule is Cc1cc(C(N)P(C)(C)=O)cc(C)c1C. The number of rotatable bonds is 2. The Kier molecular flexibility index (Phi) is 3.42. The Hall–Kier alpha value is -0.590. The molecule has 15 heavy (non-hydrogen) atoms. The van der Waals surface area contributed by atoms with Crippen molar-refractivity contribution in [3.05, 3.63) is 34.4 Å². The molecule has 0 bridgehead atoms. The van der Waals surface area contributed by atoms with Crippen molar-refractivity contribution >= 4 is 7.14 Å². The molecule has 84 valence electrons. The Labute approximate surface area is 92.3 Å². The van der Waals surface area contributed by atoms with Gasteiger partial charge in [-0.15, -0.1) is 0 Å². The maximum absolute atomic E-state index is 11.9. The van der Waals surface area contributed by atoms with Crippen LogP contribution in [0.3, 0.4) is 0 Å². The Bertz CT molecular complexity index is 397. The van der Waals surface area contributed by atoms with E-state index in [2.05, 4.69) is 20.8 Å². The first-order chi connectivity index (χ1) is 6.73. The second-order valence-corrected chi connectivity index (χ2v) is 8.08. The van der Waals surface area contributed by atoms with Crippen LogP contribution in [0.5, 0.6) is 0 Å². The van der Waals surface area contributed by atoms with Gasteiger partial charge in [0.15, 0.2) is 0 Å². The number of nitrogens with two attached hydrogens (primary N) is 1. The highest BCUT2D eigenvalue weighted by Gasteiger charge is 2.21. The van der Waals surface area contributed by atoms with Crippen LogP contribution in [0, 0.1) is 20.8 Å². The molecule has 2 N–H and O–H groups in total. The Morgan fingerprint density at radius 3 is 1.87 bits per heavy atom. The van der Waals surface area contributed by atoms with E-state index in [1.165, 1.54) is 16.7 Å². The van der Waals surface area contributed by atoms with Crippen LogP contribution < -0.4 is 5.73 Å². The quantitative estimate of drug-likeness (QED) is 0.785. The molecular weight excluding hydrogens is 205 g/mol. The van der Waals surface area contributed by atoms with Crippen LogP contribution in [0.15, 0.2) is 12.1 Å². The van der Waals surface area contributed by atoms with Crippen LogP contribution in [0.4, 0.5) is 0 Å². The standard InChI is InChI=1S/C12H20NOP/c1-8-6-11(7-9(2)10(8)3)12(13)15(4,5)14/h6-7,12H,13H2,1-5H3. The lowest BCUT2D eigenvalue weighted by atomic mass is 10.0. The minimum Gasteiger partial charge on any atom is -0.322 e. The predicted molar refractivity (Wildman–Crippen MR) is 67.0 cm³/mol. The minimum atomic E-state index is -2.26. The maximum atomic E-state index is 11.9. The molecule has 0 spiro atoms. The van der Waals surface area contributed by atoms with E-state index in [1.54, 1.807) is 13.3 Å². The van der Waals surface area contributed by atoms with Crippen LogP contribution in [-0.2, 0) is 4.57 Å². The molecule has 0 heterocycles. The first kappa shape index (κ1) is 12.5. The van der Waals surface area contributed by atoms with Gasteiger partial charge in [0.2, 0.25) is 0 Å². The Morgan fingerprint density at radius 1 is 1.13 bits per heavy atom. The Balaban J connectivity index is 3.23. The van der Waals surface area contributed by atoms with Crippen molar-refractivity contribution in [2.75, 3.05) is 13.3 Å². The minimum absolute atomic E-state index is 0.338. The molecule has 0 fully saturated rings. The molecule has 0 saturated heterocycles. The van der Waals surface area contributed by atoms with Gasteiger partial charge in [0.1, 0.15) is 7.14 Å². The fourth-order valence-corrected chi connectivity index (χ4v) is 2.47. The average molecular weight is 225 g/mol. The summed E-state index contributed by atoms with van der Waals surface area (Å²) in [6.07, 6.45) is 0. The third-order valence-electron chi connectivity index (χ3n) is 2.96. The molecular formula is C12H20NOP. The summed E-state index contributed by atoms with van der Waals surface area (Å²) in [5.41, 5.74) is 10.7. The van der Waals surface area contributed by atoms with Crippen molar-refractivity contribution in [1.29, 1.82) is 0 Å². The molecule has 0 aliphatic heterocycles. The summed E-state index contributed by atoms with van der Waals surface area (Å²) in [6, 6.07) is 4.10. The predicted octanol–water partition coefficient (Wildman–Crippen LogP) is 3.19. The molecule has 0 aromatic heterocycles. The summed E-state index contributed by atoms with van der Waals surface area (Å²) in [6.45, 7) is 9.70. The number of hydrogen-bond donors (Lipinski definition) is 1. The molecule has 2 nitrogen and oxygen atoms in total. The number of benzene rings is 1. The first-order valence-electron chi connectivity index (χ1n) is 5.11. The zero-order chi connectivity index (χ0) is 11.8. The van der Waals surface area contributed by atoms with Crippen molar-refractivity contribution in [1.82, 2.24) is 0 Å². The molecule has 1 aromatic carbocycles. The van der Waals surface area contributed by atoms with Crippen LogP contribution in [-0.4, -0.2) is 13.3 Å². The van der Waals surface area contributed by atoms with Crippen molar-refractivity contribution in [2.24, 2.45) is 5.73 Å². The lowest BCUT2D eigenvalue weighted by molar-refractivity contribution is 0.574. The highest BCUT2D eigenvalue weighted by molar-refractivity contribution is 7.62. The van der Waals surface area contributed by atoms with Gasteiger partial charge in [-0.1, -0.05) is 12.1 Å². The van der Waals surface area contributed by atoms with Gasteiger partial charge in [0.25, 0.3) is 0 Å². The smallest absolute Gasteiger partial charge is 0.102 e. The highest BCUT2D eigenvalue weighted by Crippen LogP contribution is 2.49. The lowest BCUT2D eigenvalue weighted by Crippen LogP contribution is -2.10. The van der Waals surface area contributed by atoms with Crippen molar-refractivity contribution in [3.63, 3.8) is 0 Å². The monoisotopic (exact) mass is 225 g/mol. The molecule has 0 saturated carbocycles. The summed E-state index contributed by atoms with van der Waals surface area (Å²) < 4.78 is 11.9. The maximum Gasteiger partial charge on any atom is 0.102 e. The van der Waals surface area contributed by atoms with Gasteiger partial charge < -0.3 is 10.3 Å². The molecule has 0 radical (unpaired) electrons. The molecule has 0 aliphatic rings. The lowest BCUT2D eigenvalue weighted by Gasteiger charge is -2.19. The number of hydrogen-bond acceptors (Lipinski definition) is 2. The van der Waals surface area contributed by atoms with Gasteiger partial charge in [-0.25, -0.2) is 0 Å². The molecule has 1 aromatic rings. The van der Waals surface area contributed by atoms with Crippen molar-refractivity contribution in [3.8, 4) is 0 Å². The summed E-state index contributed by atoms with van der Waals surface area (Å²) >= 11 is 0. The van der Waals surface area contributed by atoms with Gasteiger partial charge in [-0.05, 0) is 56.4 Å². The van der Waals surface area contributed by atoms with Gasteiger partial charge >= 0.3 is 0 Å². The van der Waals surface area contributed by atoms with E-state index in [-0.39, 0.29) is 5.78 Å². The molecule has 1 rings (SSSR count). The van der Waals surface area contributed by atoms with E-state index in [1.807, 2.05) is 12.1 Å². The number of aryl methyl sites for hydroxylation is 2. The van der Waals surface area contributed by atoms with Gasteiger partial charge in [0, 0.05) is 0 Å².